The molecule has 0 saturated carbocycles. The van der Waals surface area contributed by atoms with Gasteiger partial charge in [0.2, 0.25) is 0 Å². The number of hydrogen-bond acceptors (Lipinski definition) is 8. The van der Waals surface area contributed by atoms with Crippen LogP contribution in [0.15, 0.2) is 66.0 Å². The first-order chi connectivity index (χ1) is 22.0. The SMILES string of the molecule is CC.COc1cc(/C(N)=C(\Cl)N(N)CC(c2cc(C(C)(C)O)c(F)c(-c3ccc(F)cc3)n2)C(F)(F)F)cc2cccnc12.CSC. The molecule has 0 aliphatic heterocycles. The molecule has 0 bridgehead atoms. The number of rotatable bonds is 8. The maximum atomic E-state index is 15.5. The normalized spacial score (nSPS) is 12.7. The van der Waals surface area contributed by atoms with E-state index in [4.69, 9.17) is 27.9 Å². The van der Waals surface area contributed by atoms with Gasteiger partial charge < -0.3 is 15.6 Å². The fourth-order valence-corrected chi connectivity index (χ4v) is 4.54. The first kappa shape index (κ1) is 39.5. The number of nitrogens with two attached hydrogens (primary N) is 2. The highest BCUT2D eigenvalue weighted by Crippen LogP contribution is 2.39. The van der Waals surface area contributed by atoms with Crippen molar-refractivity contribution in [2.24, 2.45) is 11.6 Å². The standard InChI is InChI=1S/C29H27ClF5N5O2.C2H6S.C2H6/c1-28(2,41)19-13-21(39-26(23(19)32)15-6-8-18(31)9-7-15)20(29(33,34)35)14-40(37)27(30)24(36)17-11-16-5-4-10-38-25(16)22(12-17)42-3;1-3-2;1-2/h4-13,20,41H,14,36-37H2,1-3H3;1-2H3;1-2H3/b27-24-;;. The lowest BCUT2D eigenvalue weighted by atomic mass is 9.92. The van der Waals surface area contributed by atoms with Crippen molar-refractivity contribution in [3.05, 3.63) is 94.4 Å². The number of aliphatic hydroxyl groups is 1. The second kappa shape index (κ2) is 17.0. The number of alkyl halides is 3. The number of benzene rings is 2. The van der Waals surface area contributed by atoms with E-state index in [1.54, 1.807) is 36.2 Å². The van der Waals surface area contributed by atoms with E-state index in [1.807, 2.05) is 26.4 Å². The maximum Gasteiger partial charge on any atom is 0.399 e. The van der Waals surface area contributed by atoms with Crippen LogP contribution in [0.5, 0.6) is 5.75 Å². The molecule has 2 aromatic carbocycles. The average Bonchev–Trinajstić information content (AvgIpc) is 3.03. The minimum atomic E-state index is -4.94. The summed E-state index contributed by atoms with van der Waals surface area (Å²) in [7, 11) is 1.43. The van der Waals surface area contributed by atoms with Crippen LogP contribution in [0.1, 0.15) is 50.4 Å². The summed E-state index contributed by atoms with van der Waals surface area (Å²) in [5, 5.41) is 11.4. The number of methoxy groups -OCH3 is 1. The Morgan fingerprint density at radius 2 is 1.66 bits per heavy atom. The number of ether oxygens (including phenoxy) is 1. The highest BCUT2D eigenvalue weighted by Gasteiger charge is 2.44. The molecule has 1 unspecified atom stereocenters. The van der Waals surface area contributed by atoms with Crippen molar-refractivity contribution in [3.63, 3.8) is 0 Å². The summed E-state index contributed by atoms with van der Waals surface area (Å²) < 4.78 is 77.8. The third-order valence-electron chi connectivity index (χ3n) is 6.56. The number of halogens is 6. The van der Waals surface area contributed by atoms with Crippen LogP contribution < -0.4 is 16.3 Å². The minimum absolute atomic E-state index is 0.00805. The van der Waals surface area contributed by atoms with Gasteiger partial charge in [-0.25, -0.2) is 19.6 Å². The van der Waals surface area contributed by atoms with Crippen molar-refractivity contribution in [2.45, 2.75) is 45.4 Å². The second-order valence-electron chi connectivity index (χ2n) is 10.4. The van der Waals surface area contributed by atoms with Crippen molar-refractivity contribution >= 4 is 40.0 Å². The van der Waals surface area contributed by atoms with Crippen LogP contribution in [0.2, 0.25) is 0 Å². The molecule has 0 aliphatic carbocycles. The molecule has 0 amide bonds. The lowest BCUT2D eigenvalue weighted by Crippen LogP contribution is -2.39. The van der Waals surface area contributed by atoms with Gasteiger partial charge in [0.25, 0.3) is 0 Å². The lowest BCUT2D eigenvalue weighted by Gasteiger charge is -2.29. The number of hydrazine groups is 1. The van der Waals surface area contributed by atoms with E-state index in [0.717, 1.165) is 18.2 Å². The second-order valence-corrected chi connectivity index (χ2v) is 11.6. The van der Waals surface area contributed by atoms with Crippen LogP contribution in [-0.4, -0.2) is 52.4 Å². The Bertz CT molecular complexity index is 1660. The van der Waals surface area contributed by atoms with Crippen LogP contribution in [-0.2, 0) is 5.60 Å². The summed E-state index contributed by atoms with van der Waals surface area (Å²) in [4.78, 5) is 8.21. The van der Waals surface area contributed by atoms with Crippen LogP contribution in [0.3, 0.4) is 0 Å². The van der Waals surface area contributed by atoms with Crippen LogP contribution in [0, 0.1) is 11.6 Å². The zero-order valence-corrected chi connectivity index (χ0v) is 28.7. The molecule has 0 aliphatic rings. The quantitative estimate of drug-likeness (QED) is 0.0732. The van der Waals surface area contributed by atoms with Crippen LogP contribution >= 0.6 is 23.4 Å². The Balaban J connectivity index is 0.00000145. The van der Waals surface area contributed by atoms with Gasteiger partial charge in [-0.3, -0.25) is 9.99 Å². The largest absolute Gasteiger partial charge is 0.494 e. The third-order valence-corrected chi connectivity index (χ3v) is 6.98. The minimum Gasteiger partial charge on any atom is -0.494 e. The predicted molar refractivity (Wildman–Crippen MR) is 181 cm³/mol. The highest BCUT2D eigenvalue weighted by atomic mass is 35.5. The number of thioether (sulfide) groups is 1. The Morgan fingerprint density at radius 1 is 1.06 bits per heavy atom. The molecule has 4 aromatic rings. The number of nitrogens with zero attached hydrogens (tertiary/aromatic N) is 3. The molecule has 4 rings (SSSR count). The van der Waals surface area contributed by atoms with Crippen molar-refractivity contribution in [1.29, 1.82) is 0 Å². The Morgan fingerprint density at radius 3 is 2.19 bits per heavy atom. The Kier molecular flexibility index (Phi) is 14.3. The van der Waals surface area contributed by atoms with E-state index in [-0.39, 0.29) is 11.3 Å². The molecule has 47 heavy (non-hydrogen) atoms. The van der Waals surface area contributed by atoms with E-state index in [0.29, 0.717) is 27.2 Å². The van der Waals surface area contributed by atoms with E-state index in [9.17, 15) is 22.7 Å². The molecule has 14 heteroatoms. The molecule has 0 fully saturated rings. The molecule has 2 heterocycles. The monoisotopic (exact) mass is 699 g/mol. The van der Waals surface area contributed by atoms with E-state index in [2.05, 4.69) is 9.97 Å². The van der Waals surface area contributed by atoms with E-state index >= 15 is 4.39 Å². The zero-order valence-electron chi connectivity index (χ0n) is 27.1. The van der Waals surface area contributed by atoms with Gasteiger partial charge in [0.1, 0.15) is 33.9 Å². The molecule has 5 N–H and O–H groups in total. The van der Waals surface area contributed by atoms with Crippen molar-refractivity contribution in [2.75, 3.05) is 26.2 Å². The molecular weight excluding hydrogens is 661 g/mol. The summed E-state index contributed by atoms with van der Waals surface area (Å²) in [6.45, 7) is 5.46. The average molecular weight is 700 g/mol. The van der Waals surface area contributed by atoms with Gasteiger partial charge in [-0.15, -0.1) is 0 Å². The van der Waals surface area contributed by atoms with E-state index in [1.165, 1.54) is 39.2 Å². The van der Waals surface area contributed by atoms with Crippen LogP contribution in [0.4, 0.5) is 22.0 Å². The van der Waals surface area contributed by atoms with Crippen molar-refractivity contribution < 1.29 is 31.8 Å². The highest BCUT2D eigenvalue weighted by molar-refractivity contribution is 7.97. The van der Waals surface area contributed by atoms with E-state index < -0.39 is 58.0 Å². The third kappa shape index (κ3) is 9.92. The van der Waals surface area contributed by atoms with Gasteiger partial charge in [-0.2, -0.15) is 24.9 Å². The number of fused-ring (bicyclic) bond motifs is 1. The summed E-state index contributed by atoms with van der Waals surface area (Å²) in [6, 6.07) is 11.8. The predicted octanol–water partition coefficient (Wildman–Crippen LogP) is 8.16. The van der Waals surface area contributed by atoms with Crippen molar-refractivity contribution in [3.8, 4) is 17.0 Å². The smallest absolute Gasteiger partial charge is 0.399 e. The summed E-state index contributed by atoms with van der Waals surface area (Å²) >= 11 is 8.14. The van der Waals surface area contributed by atoms with Gasteiger partial charge in [0, 0.05) is 28.3 Å². The molecule has 7 nitrogen and oxygen atoms in total. The number of aromatic nitrogens is 2. The lowest BCUT2D eigenvalue weighted by molar-refractivity contribution is -0.154. The first-order valence-corrected chi connectivity index (χ1v) is 16.3. The zero-order chi connectivity index (χ0) is 35.7. The molecule has 2 aromatic heterocycles. The summed E-state index contributed by atoms with van der Waals surface area (Å²) in [5.41, 5.74) is 3.49. The molecule has 0 radical (unpaired) electrons. The Labute approximate surface area is 280 Å². The van der Waals surface area contributed by atoms with Crippen molar-refractivity contribution in [1.82, 2.24) is 15.0 Å². The van der Waals surface area contributed by atoms with Crippen LogP contribution in [0.25, 0.3) is 27.9 Å². The van der Waals surface area contributed by atoms with Gasteiger partial charge >= 0.3 is 6.18 Å². The molecule has 1 atom stereocenters. The summed E-state index contributed by atoms with van der Waals surface area (Å²) in [5.74, 6) is 2.29. The number of pyridine rings is 2. The maximum absolute atomic E-state index is 15.5. The molecular formula is C33H39ClF5N5O2S. The Hall–Kier alpha value is -3.65. The topological polar surface area (TPSA) is 111 Å². The van der Waals surface area contributed by atoms with Gasteiger partial charge in [0.15, 0.2) is 5.82 Å². The van der Waals surface area contributed by atoms with Gasteiger partial charge in [0.05, 0.1) is 30.6 Å². The molecule has 256 valence electrons. The molecule has 0 spiro atoms. The van der Waals surface area contributed by atoms with Gasteiger partial charge in [-0.05, 0) is 74.9 Å². The fraction of sp³-hybridized carbons (Fsp3) is 0.333. The fourth-order valence-electron chi connectivity index (χ4n) is 4.36. The number of hydrogen-bond donors (Lipinski definition) is 3. The summed E-state index contributed by atoms with van der Waals surface area (Å²) in [6.07, 6.45) is 0.715. The molecule has 0 saturated heterocycles. The first-order valence-electron chi connectivity index (χ1n) is 14.3. The van der Waals surface area contributed by atoms with Gasteiger partial charge in [-0.1, -0.05) is 31.5 Å².